The van der Waals surface area contributed by atoms with Gasteiger partial charge in [-0.25, -0.2) is 0 Å². The molecule has 1 unspecified atom stereocenters. The number of benzene rings is 2. The van der Waals surface area contributed by atoms with Crippen molar-refractivity contribution in [2.75, 3.05) is 11.4 Å². The highest BCUT2D eigenvalue weighted by Gasteiger charge is 2.19. The summed E-state index contributed by atoms with van der Waals surface area (Å²) in [5.41, 5.74) is 3.42. The Hall–Kier alpha value is -2.36. The van der Waals surface area contributed by atoms with Crippen molar-refractivity contribution in [1.82, 2.24) is 10.3 Å². The second-order valence-corrected chi connectivity index (χ2v) is 7.38. The molecule has 0 amide bonds. The predicted octanol–water partition coefficient (Wildman–Crippen LogP) is 5.48. The molecule has 4 heteroatoms. The van der Waals surface area contributed by atoms with E-state index in [2.05, 4.69) is 65.4 Å². The lowest BCUT2D eigenvalue weighted by Gasteiger charge is -2.32. The van der Waals surface area contributed by atoms with Gasteiger partial charge in [-0.3, -0.25) is 4.98 Å². The zero-order chi connectivity index (χ0) is 19.1. The largest absolute Gasteiger partial charge is 0.339 e. The SMILES string of the molecule is CC(C)NC(Cc1ccccc1)CN(c1ccncc1)c1ccccc1Cl. The van der Waals surface area contributed by atoms with Crippen molar-refractivity contribution in [2.45, 2.75) is 32.4 Å². The summed E-state index contributed by atoms with van der Waals surface area (Å²) in [5, 5.41) is 4.46. The number of nitrogens with one attached hydrogen (secondary N) is 1. The molecule has 0 bridgehead atoms. The summed E-state index contributed by atoms with van der Waals surface area (Å²) in [5.74, 6) is 0. The van der Waals surface area contributed by atoms with Gasteiger partial charge in [-0.15, -0.1) is 0 Å². The van der Waals surface area contributed by atoms with Crippen molar-refractivity contribution >= 4 is 23.0 Å². The molecule has 3 rings (SSSR count). The fourth-order valence-corrected chi connectivity index (χ4v) is 3.54. The van der Waals surface area contributed by atoms with Gasteiger partial charge in [-0.2, -0.15) is 0 Å². The summed E-state index contributed by atoms with van der Waals surface area (Å²) in [6.07, 6.45) is 4.59. The zero-order valence-electron chi connectivity index (χ0n) is 15.8. The molecule has 1 N–H and O–H groups in total. The molecule has 0 aliphatic rings. The van der Waals surface area contributed by atoms with Crippen LogP contribution in [0.3, 0.4) is 0 Å². The Kier molecular flexibility index (Phi) is 6.86. The first kappa shape index (κ1) is 19.4. The van der Waals surface area contributed by atoms with Crippen molar-refractivity contribution in [2.24, 2.45) is 0 Å². The van der Waals surface area contributed by atoms with Crippen LogP contribution in [0.1, 0.15) is 19.4 Å². The first-order valence-electron chi connectivity index (χ1n) is 9.35. The van der Waals surface area contributed by atoms with Crippen LogP contribution in [0.2, 0.25) is 5.02 Å². The van der Waals surface area contributed by atoms with Crippen molar-refractivity contribution in [3.63, 3.8) is 0 Å². The zero-order valence-corrected chi connectivity index (χ0v) is 16.6. The van der Waals surface area contributed by atoms with E-state index in [4.69, 9.17) is 11.6 Å². The van der Waals surface area contributed by atoms with Gasteiger partial charge in [-0.1, -0.05) is 67.9 Å². The van der Waals surface area contributed by atoms with Gasteiger partial charge in [0.1, 0.15) is 0 Å². The summed E-state index contributed by atoms with van der Waals surface area (Å²) < 4.78 is 0. The summed E-state index contributed by atoms with van der Waals surface area (Å²) in [6, 6.07) is 23.3. The molecule has 140 valence electrons. The Morgan fingerprint density at radius 3 is 2.26 bits per heavy atom. The van der Waals surface area contributed by atoms with Gasteiger partial charge >= 0.3 is 0 Å². The standard InChI is InChI=1S/C23H26ClN3/c1-18(2)26-20(16-19-8-4-3-5-9-19)17-27(21-12-14-25-15-13-21)23-11-7-6-10-22(23)24/h3-15,18,20,26H,16-17H2,1-2H3. The molecule has 0 saturated carbocycles. The Balaban J connectivity index is 1.91. The van der Waals surface area contributed by atoms with E-state index >= 15 is 0 Å². The number of hydrogen-bond donors (Lipinski definition) is 1. The van der Waals surface area contributed by atoms with Crippen molar-refractivity contribution in [1.29, 1.82) is 0 Å². The fourth-order valence-electron chi connectivity index (χ4n) is 3.30. The van der Waals surface area contributed by atoms with E-state index < -0.39 is 0 Å². The van der Waals surface area contributed by atoms with Crippen LogP contribution in [0.25, 0.3) is 0 Å². The van der Waals surface area contributed by atoms with Crippen molar-refractivity contribution < 1.29 is 0 Å². The minimum absolute atomic E-state index is 0.275. The van der Waals surface area contributed by atoms with Gasteiger partial charge in [0.25, 0.3) is 0 Å². The Morgan fingerprint density at radius 1 is 0.926 bits per heavy atom. The van der Waals surface area contributed by atoms with E-state index in [1.165, 1.54) is 5.56 Å². The molecule has 27 heavy (non-hydrogen) atoms. The molecule has 1 atom stereocenters. The summed E-state index contributed by atoms with van der Waals surface area (Å²) in [7, 11) is 0. The number of nitrogens with zero attached hydrogens (tertiary/aromatic N) is 2. The van der Waals surface area contributed by atoms with Crippen molar-refractivity contribution in [3.05, 3.63) is 89.7 Å². The van der Waals surface area contributed by atoms with E-state index in [1.807, 2.05) is 42.7 Å². The average Bonchev–Trinajstić information content (AvgIpc) is 2.68. The van der Waals surface area contributed by atoms with E-state index in [1.54, 1.807) is 0 Å². The number of hydrogen-bond acceptors (Lipinski definition) is 3. The summed E-state index contributed by atoms with van der Waals surface area (Å²) in [4.78, 5) is 6.43. The highest BCUT2D eigenvalue weighted by molar-refractivity contribution is 6.33. The number of pyridine rings is 1. The normalized spacial score (nSPS) is 12.1. The van der Waals surface area contributed by atoms with Gasteiger partial charge in [0, 0.05) is 36.7 Å². The monoisotopic (exact) mass is 379 g/mol. The molecule has 0 saturated heterocycles. The molecule has 1 aromatic heterocycles. The molecule has 3 aromatic rings. The van der Waals surface area contributed by atoms with Crippen molar-refractivity contribution in [3.8, 4) is 0 Å². The second kappa shape index (κ2) is 9.54. The summed E-state index contributed by atoms with van der Waals surface area (Å²) >= 11 is 6.54. The number of para-hydroxylation sites is 1. The van der Waals surface area contributed by atoms with Crippen LogP contribution in [0, 0.1) is 0 Å². The lowest BCUT2D eigenvalue weighted by Crippen LogP contribution is -2.44. The Labute approximate surface area is 167 Å². The van der Waals surface area contributed by atoms with Gasteiger partial charge in [0.2, 0.25) is 0 Å². The number of anilines is 2. The molecule has 1 heterocycles. The molecule has 0 aliphatic heterocycles. The van der Waals surface area contributed by atoms with Crippen LogP contribution in [-0.4, -0.2) is 23.6 Å². The molecule has 3 nitrogen and oxygen atoms in total. The molecular formula is C23H26ClN3. The average molecular weight is 380 g/mol. The first-order valence-corrected chi connectivity index (χ1v) is 9.73. The summed E-state index contributed by atoms with van der Waals surface area (Å²) in [6.45, 7) is 5.18. The smallest absolute Gasteiger partial charge is 0.0643 e. The molecule has 0 fully saturated rings. The Bertz CT molecular complexity index is 821. The maximum absolute atomic E-state index is 6.54. The van der Waals surface area contributed by atoms with E-state index in [0.717, 1.165) is 29.4 Å². The molecule has 2 aromatic carbocycles. The highest BCUT2D eigenvalue weighted by Crippen LogP contribution is 2.31. The maximum atomic E-state index is 6.54. The van der Waals surface area contributed by atoms with Crippen LogP contribution >= 0.6 is 11.6 Å². The third kappa shape index (κ3) is 5.56. The van der Waals surface area contributed by atoms with E-state index in [9.17, 15) is 0 Å². The highest BCUT2D eigenvalue weighted by atomic mass is 35.5. The van der Waals surface area contributed by atoms with Gasteiger partial charge in [0.05, 0.1) is 10.7 Å². The van der Waals surface area contributed by atoms with Crippen LogP contribution in [0.15, 0.2) is 79.1 Å². The van der Waals surface area contributed by atoms with Crippen LogP contribution < -0.4 is 10.2 Å². The van der Waals surface area contributed by atoms with E-state index in [-0.39, 0.29) is 6.04 Å². The third-order valence-corrected chi connectivity index (χ3v) is 4.73. The van der Waals surface area contributed by atoms with E-state index in [0.29, 0.717) is 6.04 Å². The fraction of sp³-hybridized carbons (Fsp3) is 0.261. The first-order chi connectivity index (χ1) is 13.1. The number of aromatic nitrogens is 1. The number of rotatable bonds is 8. The minimum atomic E-state index is 0.275. The van der Waals surface area contributed by atoms with Crippen LogP contribution in [-0.2, 0) is 6.42 Å². The predicted molar refractivity (Wildman–Crippen MR) is 115 cm³/mol. The third-order valence-electron chi connectivity index (χ3n) is 4.41. The minimum Gasteiger partial charge on any atom is -0.339 e. The van der Waals surface area contributed by atoms with Gasteiger partial charge in [-0.05, 0) is 36.2 Å². The maximum Gasteiger partial charge on any atom is 0.0643 e. The quantitative estimate of drug-likeness (QED) is 0.561. The lowest BCUT2D eigenvalue weighted by atomic mass is 10.0. The lowest BCUT2D eigenvalue weighted by molar-refractivity contribution is 0.464. The van der Waals surface area contributed by atoms with Gasteiger partial charge < -0.3 is 10.2 Å². The van der Waals surface area contributed by atoms with Gasteiger partial charge in [0.15, 0.2) is 0 Å². The number of halogens is 1. The topological polar surface area (TPSA) is 28.2 Å². The molecular weight excluding hydrogens is 354 g/mol. The molecule has 0 radical (unpaired) electrons. The Morgan fingerprint density at radius 2 is 1.59 bits per heavy atom. The molecule has 0 spiro atoms. The van der Waals surface area contributed by atoms with Crippen LogP contribution in [0.5, 0.6) is 0 Å². The van der Waals surface area contributed by atoms with Crippen LogP contribution in [0.4, 0.5) is 11.4 Å². The molecule has 0 aliphatic carbocycles. The second-order valence-electron chi connectivity index (χ2n) is 6.98.